The topological polar surface area (TPSA) is 50.1 Å². The molecule has 0 spiro atoms. The summed E-state index contributed by atoms with van der Waals surface area (Å²) in [4.78, 5) is 12.3. The van der Waals surface area contributed by atoms with E-state index in [2.05, 4.69) is 13.0 Å². The van der Waals surface area contributed by atoms with Crippen molar-refractivity contribution in [1.82, 2.24) is 0 Å². The number of hydrogen-bond donors (Lipinski definition) is 0. The van der Waals surface area contributed by atoms with Crippen LogP contribution in [0, 0.1) is 17.2 Å². The first-order valence-electron chi connectivity index (χ1n) is 9.39. The Labute approximate surface area is 146 Å². The third-order valence-corrected chi connectivity index (χ3v) is 4.99. The summed E-state index contributed by atoms with van der Waals surface area (Å²) in [5.74, 6) is 0.428. The maximum atomic E-state index is 12.3. The summed E-state index contributed by atoms with van der Waals surface area (Å²) in [6.45, 7) is 2.20. The summed E-state index contributed by atoms with van der Waals surface area (Å²) in [7, 11) is 0. The van der Waals surface area contributed by atoms with Gasteiger partial charge in [-0.15, -0.1) is 0 Å². The van der Waals surface area contributed by atoms with Crippen LogP contribution >= 0.6 is 0 Å². The highest BCUT2D eigenvalue weighted by molar-refractivity contribution is 5.89. The second-order valence-corrected chi connectivity index (χ2v) is 6.90. The van der Waals surface area contributed by atoms with Crippen molar-refractivity contribution in [3.63, 3.8) is 0 Å². The first-order valence-corrected chi connectivity index (χ1v) is 9.39. The van der Waals surface area contributed by atoms with Crippen LogP contribution in [0.15, 0.2) is 24.3 Å². The summed E-state index contributed by atoms with van der Waals surface area (Å²) in [5, 5.41) is 8.65. The lowest BCUT2D eigenvalue weighted by atomic mass is 9.84. The Kier molecular flexibility index (Phi) is 7.82. The number of nitriles is 1. The standard InChI is InChI=1S/C21H29NO2/c1-2-3-4-6-17-8-12-19(13-9-17)21(23)24-20-14-10-18(11-15-20)7-5-16-22/h8-9,12-13,18,20H,2-7,10-11,14-15H2,1H3/t18-,20-. The van der Waals surface area contributed by atoms with Crippen LogP contribution in [-0.2, 0) is 11.2 Å². The van der Waals surface area contributed by atoms with E-state index in [0.29, 0.717) is 17.9 Å². The summed E-state index contributed by atoms with van der Waals surface area (Å²) >= 11 is 0. The van der Waals surface area contributed by atoms with Crippen LogP contribution in [0.2, 0.25) is 0 Å². The van der Waals surface area contributed by atoms with Crippen LogP contribution < -0.4 is 0 Å². The second-order valence-electron chi connectivity index (χ2n) is 6.90. The minimum atomic E-state index is -0.199. The van der Waals surface area contributed by atoms with E-state index in [0.717, 1.165) is 38.5 Å². The fourth-order valence-corrected chi connectivity index (χ4v) is 3.41. The van der Waals surface area contributed by atoms with Gasteiger partial charge in [-0.3, -0.25) is 0 Å². The highest BCUT2D eigenvalue weighted by Crippen LogP contribution is 2.29. The predicted molar refractivity (Wildman–Crippen MR) is 95.7 cm³/mol. The molecule has 0 unspecified atom stereocenters. The van der Waals surface area contributed by atoms with E-state index >= 15 is 0 Å². The Hall–Kier alpha value is -1.82. The van der Waals surface area contributed by atoms with Gasteiger partial charge in [0.2, 0.25) is 0 Å². The summed E-state index contributed by atoms with van der Waals surface area (Å²) < 4.78 is 5.66. The molecule has 0 radical (unpaired) electrons. The van der Waals surface area contributed by atoms with Crippen molar-refractivity contribution < 1.29 is 9.53 Å². The van der Waals surface area contributed by atoms with Crippen molar-refractivity contribution >= 4 is 5.97 Å². The lowest BCUT2D eigenvalue weighted by Crippen LogP contribution is -2.24. The molecule has 3 heteroatoms. The number of carbonyl (C=O) groups is 1. The molecular formula is C21H29NO2. The van der Waals surface area contributed by atoms with Gasteiger partial charge in [0.1, 0.15) is 6.10 Å². The molecule has 1 aromatic rings. The van der Waals surface area contributed by atoms with Gasteiger partial charge < -0.3 is 4.74 Å². The van der Waals surface area contributed by atoms with Crippen LogP contribution in [0.4, 0.5) is 0 Å². The van der Waals surface area contributed by atoms with Gasteiger partial charge in [0, 0.05) is 6.42 Å². The molecule has 0 aliphatic heterocycles. The van der Waals surface area contributed by atoms with Crippen LogP contribution in [0.25, 0.3) is 0 Å². The molecule has 0 saturated heterocycles. The zero-order valence-electron chi connectivity index (χ0n) is 14.8. The Morgan fingerprint density at radius 1 is 1.17 bits per heavy atom. The minimum absolute atomic E-state index is 0.0417. The van der Waals surface area contributed by atoms with Gasteiger partial charge in [0.15, 0.2) is 0 Å². The predicted octanol–water partition coefficient (Wildman–Crippen LogP) is 5.44. The SMILES string of the molecule is CCCCCc1ccc(C(=O)O[C@H]2CC[C@H](CCC#N)CC2)cc1. The van der Waals surface area contributed by atoms with Gasteiger partial charge in [-0.1, -0.05) is 31.9 Å². The highest BCUT2D eigenvalue weighted by Gasteiger charge is 2.24. The van der Waals surface area contributed by atoms with Crippen LogP contribution in [0.5, 0.6) is 0 Å². The molecule has 1 aromatic carbocycles. The molecule has 1 aliphatic rings. The second kappa shape index (κ2) is 10.1. The third-order valence-electron chi connectivity index (χ3n) is 4.99. The van der Waals surface area contributed by atoms with E-state index in [4.69, 9.17) is 10.00 Å². The summed E-state index contributed by atoms with van der Waals surface area (Å²) in [6, 6.07) is 10.1. The van der Waals surface area contributed by atoms with Gasteiger partial charge in [-0.2, -0.15) is 5.26 Å². The molecule has 2 rings (SSSR count). The fraction of sp³-hybridized carbons (Fsp3) is 0.619. The van der Waals surface area contributed by atoms with E-state index in [9.17, 15) is 4.79 Å². The molecule has 0 N–H and O–H groups in total. The number of unbranched alkanes of at least 4 members (excludes halogenated alkanes) is 2. The maximum absolute atomic E-state index is 12.3. The molecule has 1 aliphatic carbocycles. The molecule has 1 fully saturated rings. The van der Waals surface area contributed by atoms with Crippen molar-refractivity contribution in [2.24, 2.45) is 5.92 Å². The number of aryl methyl sites for hydroxylation is 1. The first-order chi connectivity index (χ1) is 11.7. The van der Waals surface area contributed by atoms with Crippen molar-refractivity contribution in [2.75, 3.05) is 0 Å². The summed E-state index contributed by atoms with van der Waals surface area (Å²) in [5.41, 5.74) is 1.94. The monoisotopic (exact) mass is 327 g/mol. The number of benzene rings is 1. The number of rotatable bonds is 8. The normalized spacial score (nSPS) is 20.3. The summed E-state index contributed by atoms with van der Waals surface area (Å²) in [6.07, 6.45) is 10.4. The number of hydrogen-bond acceptors (Lipinski definition) is 3. The lowest BCUT2D eigenvalue weighted by molar-refractivity contribution is 0.0162. The van der Waals surface area contributed by atoms with Crippen molar-refractivity contribution in [3.05, 3.63) is 35.4 Å². The van der Waals surface area contributed by atoms with E-state index in [1.54, 1.807) is 0 Å². The van der Waals surface area contributed by atoms with Gasteiger partial charge in [-0.05, 0) is 68.6 Å². The third kappa shape index (κ3) is 6.00. The fourth-order valence-electron chi connectivity index (χ4n) is 3.41. The average Bonchev–Trinajstić information content (AvgIpc) is 2.62. The van der Waals surface area contributed by atoms with Crippen molar-refractivity contribution in [2.45, 2.75) is 77.2 Å². The minimum Gasteiger partial charge on any atom is -0.459 e. The number of nitrogens with zero attached hydrogens (tertiary/aromatic N) is 1. The van der Waals surface area contributed by atoms with E-state index < -0.39 is 0 Å². The molecular weight excluding hydrogens is 298 g/mol. The van der Waals surface area contributed by atoms with E-state index in [-0.39, 0.29) is 12.1 Å². The van der Waals surface area contributed by atoms with Crippen molar-refractivity contribution in [1.29, 1.82) is 5.26 Å². The van der Waals surface area contributed by atoms with Crippen LogP contribution in [0.3, 0.4) is 0 Å². The number of carbonyl (C=O) groups excluding carboxylic acids is 1. The molecule has 0 atom stereocenters. The Morgan fingerprint density at radius 2 is 1.88 bits per heavy atom. The van der Waals surface area contributed by atoms with Crippen LogP contribution in [0.1, 0.15) is 80.6 Å². The molecule has 0 amide bonds. The quantitative estimate of drug-likeness (QED) is 0.472. The smallest absolute Gasteiger partial charge is 0.338 e. The first kappa shape index (κ1) is 18.5. The Balaban J connectivity index is 1.75. The molecule has 0 heterocycles. The van der Waals surface area contributed by atoms with Gasteiger partial charge >= 0.3 is 5.97 Å². The molecule has 3 nitrogen and oxygen atoms in total. The van der Waals surface area contributed by atoms with Gasteiger partial charge in [0.25, 0.3) is 0 Å². The molecule has 0 aromatic heterocycles. The van der Waals surface area contributed by atoms with E-state index in [1.165, 1.54) is 24.8 Å². The molecule has 24 heavy (non-hydrogen) atoms. The molecule has 0 bridgehead atoms. The molecule has 1 saturated carbocycles. The lowest BCUT2D eigenvalue weighted by Gasteiger charge is -2.27. The van der Waals surface area contributed by atoms with Gasteiger partial charge in [-0.25, -0.2) is 4.79 Å². The van der Waals surface area contributed by atoms with Gasteiger partial charge in [0.05, 0.1) is 11.6 Å². The zero-order valence-corrected chi connectivity index (χ0v) is 14.8. The van der Waals surface area contributed by atoms with E-state index in [1.807, 2.05) is 24.3 Å². The largest absolute Gasteiger partial charge is 0.459 e. The number of esters is 1. The molecule has 130 valence electrons. The Morgan fingerprint density at radius 3 is 2.50 bits per heavy atom. The highest BCUT2D eigenvalue weighted by atomic mass is 16.5. The van der Waals surface area contributed by atoms with Crippen molar-refractivity contribution in [3.8, 4) is 6.07 Å². The average molecular weight is 327 g/mol. The van der Waals surface area contributed by atoms with Crippen LogP contribution in [-0.4, -0.2) is 12.1 Å². The maximum Gasteiger partial charge on any atom is 0.338 e. The zero-order chi connectivity index (χ0) is 17.2. The number of ether oxygens (including phenoxy) is 1. The Bertz CT molecular complexity index is 536.